The maximum Gasteiger partial charge on any atom is 0.305 e. The number of aliphatic carboxylic acids is 1. The number of amides is 1. The van der Waals surface area contributed by atoms with Crippen LogP contribution >= 0.6 is 0 Å². The average molecular weight is 242 g/mol. The second kappa shape index (κ2) is 6.59. The fourth-order valence-electron chi connectivity index (χ4n) is 2.22. The molecule has 3 atom stereocenters. The molecule has 1 amide bonds. The van der Waals surface area contributed by atoms with E-state index in [1.807, 2.05) is 0 Å². The lowest BCUT2D eigenvalue weighted by Gasteiger charge is -2.18. The number of carbonyl (C=O) groups excluding carboxylic acids is 1. The third-order valence-electron chi connectivity index (χ3n) is 3.34. The zero-order valence-corrected chi connectivity index (χ0v) is 10.3. The predicted octanol–water partition coefficient (Wildman–Crippen LogP) is 0.873. The molecule has 1 aliphatic rings. The van der Waals surface area contributed by atoms with E-state index in [1.54, 1.807) is 0 Å². The van der Waals surface area contributed by atoms with Crippen molar-refractivity contribution in [2.24, 2.45) is 11.7 Å². The Morgan fingerprint density at radius 2 is 2.06 bits per heavy atom. The van der Waals surface area contributed by atoms with E-state index in [2.05, 4.69) is 12.2 Å². The molecule has 3 unspecified atom stereocenters. The number of hydrogen-bond acceptors (Lipinski definition) is 3. The first-order valence-corrected chi connectivity index (χ1v) is 6.26. The normalized spacial score (nSPS) is 26.9. The van der Waals surface area contributed by atoms with Gasteiger partial charge < -0.3 is 16.2 Å². The largest absolute Gasteiger partial charge is 0.481 e. The van der Waals surface area contributed by atoms with Crippen molar-refractivity contribution in [1.82, 2.24) is 5.32 Å². The van der Waals surface area contributed by atoms with Gasteiger partial charge in [-0.1, -0.05) is 19.8 Å². The number of nitrogens with two attached hydrogens (primary N) is 1. The minimum absolute atomic E-state index is 0.160. The second-order valence-electron chi connectivity index (χ2n) is 5.02. The van der Waals surface area contributed by atoms with Gasteiger partial charge in [0, 0.05) is 6.04 Å². The Morgan fingerprint density at radius 3 is 2.71 bits per heavy atom. The molecule has 1 saturated carbocycles. The van der Waals surface area contributed by atoms with Gasteiger partial charge in [0.15, 0.2) is 0 Å². The number of carbonyl (C=O) groups is 2. The highest BCUT2D eigenvalue weighted by Crippen LogP contribution is 2.22. The molecule has 0 aliphatic heterocycles. The fraction of sp³-hybridized carbons (Fsp3) is 0.833. The number of rotatable bonds is 4. The predicted molar refractivity (Wildman–Crippen MR) is 64.4 cm³/mol. The van der Waals surface area contributed by atoms with Crippen LogP contribution in [0.5, 0.6) is 0 Å². The first-order valence-electron chi connectivity index (χ1n) is 6.26. The van der Waals surface area contributed by atoms with Crippen LogP contribution < -0.4 is 11.1 Å². The van der Waals surface area contributed by atoms with Crippen molar-refractivity contribution >= 4 is 11.9 Å². The zero-order valence-electron chi connectivity index (χ0n) is 10.3. The van der Waals surface area contributed by atoms with E-state index < -0.39 is 12.0 Å². The lowest BCUT2D eigenvalue weighted by atomic mass is 10.0. The summed E-state index contributed by atoms with van der Waals surface area (Å²) in [5, 5.41) is 11.4. The Kier molecular flexibility index (Phi) is 5.41. The molecular weight excluding hydrogens is 220 g/mol. The van der Waals surface area contributed by atoms with Crippen LogP contribution in [0.4, 0.5) is 0 Å². The van der Waals surface area contributed by atoms with Gasteiger partial charge in [0.05, 0.1) is 12.5 Å². The molecule has 17 heavy (non-hydrogen) atoms. The van der Waals surface area contributed by atoms with Crippen LogP contribution in [0.25, 0.3) is 0 Å². The molecule has 0 aromatic rings. The summed E-state index contributed by atoms with van der Waals surface area (Å²) in [6, 6.07) is -0.777. The third kappa shape index (κ3) is 5.17. The van der Waals surface area contributed by atoms with Crippen LogP contribution in [0.3, 0.4) is 0 Å². The van der Waals surface area contributed by atoms with Crippen LogP contribution in [0.2, 0.25) is 0 Å². The van der Waals surface area contributed by atoms with Crippen LogP contribution in [-0.4, -0.2) is 29.1 Å². The van der Waals surface area contributed by atoms with Crippen LogP contribution in [-0.2, 0) is 9.59 Å². The van der Waals surface area contributed by atoms with Crippen molar-refractivity contribution in [3.63, 3.8) is 0 Å². The summed E-state index contributed by atoms with van der Waals surface area (Å²) < 4.78 is 0. The first-order chi connectivity index (χ1) is 7.99. The minimum atomic E-state index is -1.04. The Hall–Kier alpha value is -1.10. The molecule has 0 saturated heterocycles. The molecule has 0 spiro atoms. The molecule has 1 fully saturated rings. The highest BCUT2D eigenvalue weighted by Gasteiger charge is 2.22. The van der Waals surface area contributed by atoms with Crippen molar-refractivity contribution < 1.29 is 14.7 Å². The summed E-state index contributed by atoms with van der Waals surface area (Å²) in [7, 11) is 0. The monoisotopic (exact) mass is 242 g/mol. The molecule has 4 N–H and O–H groups in total. The number of carboxylic acid groups (broad SMARTS) is 1. The van der Waals surface area contributed by atoms with E-state index in [1.165, 1.54) is 6.42 Å². The van der Waals surface area contributed by atoms with Crippen LogP contribution in [0.1, 0.15) is 45.4 Å². The number of nitrogens with one attached hydrogen (secondary N) is 1. The standard InChI is InChI=1S/C12H22N2O3/c1-8-3-2-4-9(6-5-8)14-12(17)10(13)7-11(15)16/h8-10H,2-7,13H2,1H3,(H,14,17)(H,15,16). The average Bonchev–Trinajstić information content (AvgIpc) is 2.42. The molecule has 0 aromatic heterocycles. The maximum atomic E-state index is 11.6. The number of hydrogen-bond donors (Lipinski definition) is 3. The topological polar surface area (TPSA) is 92.4 Å². The van der Waals surface area contributed by atoms with Crippen molar-refractivity contribution in [2.45, 2.75) is 57.5 Å². The highest BCUT2D eigenvalue weighted by molar-refractivity contribution is 5.86. The molecule has 1 aliphatic carbocycles. The molecule has 0 bridgehead atoms. The Bertz CT molecular complexity index is 281. The number of carboxylic acids is 1. The maximum absolute atomic E-state index is 11.6. The molecule has 5 heteroatoms. The van der Waals surface area contributed by atoms with Gasteiger partial charge in [0.1, 0.15) is 0 Å². The summed E-state index contributed by atoms with van der Waals surface area (Å²) in [6.45, 7) is 2.22. The molecule has 0 aromatic carbocycles. The molecule has 0 radical (unpaired) electrons. The molecule has 0 heterocycles. The molecular formula is C12H22N2O3. The van der Waals surface area contributed by atoms with Crippen LogP contribution in [0.15, 0.2) is 0 Å². The van der Waals surface area contributed by atoms with Gasteiger partial charge in [-0.25, -0.2) is 0 Å². The Morgan fingerprint density at radius 1 is 1.35 bits per heavy atom. The van der Waals surface area contributed by atoms with Crippen molar-refractivity contribution in [1.29, 1.82) is 0 Å². The smallest absolute Gasteiger partial charge is 0.305 e. The van der Waals surface area contributed by atoms with E-state index >= 15 is 0 Å². The summed E-state index contributed by atoms with van der Waals surface area (Å²) in [4.78, 5) is 22.1. The third-order valence-corrected chi connectivity index (χ3v) is 3.34. The summed E-state index contributed by atoms with van der Waals surface area (Å²) >= 11 is 0. The zero-order chi connectivity index (χ0) is 12.8. The molecule has 5 nitrogen and oxygen atoms in total. The van der Waals surface area contributed by atoms with E-state index in [0.29, 0.717) is 5.92 Å². The lowest BCUT2D eigenvalue weighted by Crippen LogP contribution is -2.46. The first kappa shape index (κ1) is 14.0. The van der Waals surface area contributed by atoms with E-state index in [4.69, 9.17) is 10.8 Å². The van der Waals surface area contributed by atoms with Gasteiger partial charge in [0.2, 0.25) is 5.91 Å². The Labute approximate surface area is 102 Å². The van der Waals surface area contributed by atoms with Gasteiger partial charge in [0.25, 0.3) is 0 Å². The van der Waals surface area contributed by atoms with Gasteiger partial charge in [-0.3, -0.25) is 9.59 Å². The van der Waals surface area contributed by atoms with Crippen molar-refractivity contribution in [2.75, 3.05) is 0 Å². The summed E-state index contributed by atoms with van der Waals surface area (Å²) in [5.41, 5.74) is 5.51. The van der Waals surface area contributed by atoms with Gasteiger partial charge >= 0.3 is 5.97 Å². The fourth-order valence-corrected chi connectivity index (χ4v) is 2.22. The van der Waals surface area contributed by atoms with E-state index in [0.717, 1.165) is 25.7 Å². The molecule has 1 rings (SSSR count). The quantitative estimate of drug-likeness (QED) is 0.638. The van der Waals surface area contributed by atoms with Gasteiger partial charge in [-0.2, -0.15) is 0 Å². The highest BCUT2D eigenvalue weighted by atomic mass is 16.4. The Balaban J connectivity index is 2.37. The van der Waals surface area contributed by atoms with Crippen molar-refractivity contribution in [3.8, 4) is 0 Å². The SMILES string of the molecule is CC1CCCC(NC(=O)C(N)CC(=O)O)CC1. The molecule has 98 valence electrons. The second-order valence-corrected chi connectivity index (χ2v) is 5.02. The summed E-state index contributed by atoms with van der Waals surface area (Å²) in [6.07, 6.45) is 5.05. The summed E-state index contributed by atoms with van der Waals surface area (Å²) in [5.74, 6) is -0.668. The van der Waals surface area contributed by atoms with Crippen LogP contribution in [0, 0.1) is 5.92 Å². The van der Waals surface area contributed by atoms with Gasteiger partial charge in [-0.05, 0) is 25.2 Å². The van der Waals surface area contributed by atoms with Gasteiger partial charge in [-0.15, -0.1) is 0 Å². The minimum Gasteiger partial charge on any atom is -0.481 e. The van der Waals surface area contributed by atoms with Crippen molar-refractivity contribution in [3.05, 3.63) is 0 Å². The lowest BCUT2D eigenvalue weighted by molar-refractivity contribution is -0.139. The van der Waals surface area contributed by atoms with E-state index in [-0.39, 0.29) is 18.4 Å². The van der Waals surface area contributed by atoms with E-state index in [9.17, 15) is 9.59 Å².